The smallest absolute Gasteiger partial charge is 0.319 e. The molecule has 3 atom stereocenters. The van der Waals surface area contributed by atoms with Crippen LogP contribution < -0.4 is 20.1 Å². The number of amides is 2. The molecule has 2 amide bonds. The van der Waals surface area contributed by atoms with Crippen LogP contribution in [0.5, 0.6) is 11.5 Å². The van der Waals surface area contributed by atoms with Gasteiger partial charge in [-0.15, -0.1) is 0 Å². The Morgan fingerprint density at radius 1 is 1.03 bits per heavy atom. The number of methoxy groups -OCH3 is 2. The monoisotopic (exact) mass is 515 g/mol. The summed E-state index contributed by atoms with van der Waals surface area (Å²) in [4.78, 5) is 15.4. The van der Waals surface area contributed by atoms with Gasteiger partial charge in [-0.05, 0) is 74.9 Å². The third-order valence-corrected chi connectivity index (χ3v) is 8.43. The summed E-state index contributed by atoms with van der Waals surface area (Å²) >= 11 is 0. The molecule has 5 rings (SSSR count). The molecular formula is C28H35F2N3O4. The van der Waals surface area contributed by atoms with Crippen LogP contribution in [0.3, 0.4) is 0 Å². The number of rotatable bonds is 6. The van der Waals surface area contributed by atoms with Crippen LogP contribution in [0.2, 0.25) is 0 Å². The highest BCUT2D eigenvalue weighted by Gasteiger charge is 2.53. The minimum atomic E-state index is -0.672. The van der Waals surface area contributed by atoms with E-state index in [0.717, 1.165) is 82.2 Å². The number of carbonyl (C=O) groups is 1. The average Bonchev–Trinajstić information content (AvgIpc) is 3.30. The normalized spacial score (nSPS) is 26.4. The van der Waals surface area contributed by atoms with Gasteiger partial charge in [-0.25, -0.2) is 13.6 Å². The number of benzene rings is 2. The van der Waals surface area contributed by atoms with Gasteiger partial charge in [-0.3, -0.25) is 4.90 Å². The number of likely N-dealkylation sites (tertiary alicyclic amines) is 1. The van der Waals surface area contributed by atoms with Crippen molar-refractivity contribution in [1.29, 1.82) is 0 Å². The first-order valence-electron chi connectivity index (χ1n) is 13.0. The predicted octanol–water partition coefficient (Wildman–Crippen LogP) is 4.85. The Morgan fingerprint density at radius 2 is 1.81 bits per heavy atom. The largest absolute Gasteiger partial charge is 0.493 e. The van der Waals surface area contributed by atoms with Gasteiger partial charge in [-0.2, -0.15) is 0 Å². The standard InChI is InChI=1S/C28H35F2N3O4/c1-35-24-6-3-18(15-25(24)36-2)28-10-7-20(31-27(34)32-23-16-19(29)4-5-22(23)30)17-26(28)33(12-11-28)21-8-13-37-14-9-21/h3-6,15-16,20-21,26H,7-14,17H2,1-2H3,(H2,31,32,34)/t20-,26+,28+/m1/s1. The number of nitrogens with zero attached hydrogens (tertiary/aromatic N) is 1. The molecule has 2 aromatic carbocycles. The topological polar surface area (TPSA) is 72.1 Å². The molecule has 2 saturated heterocycles. The first-order chi connectivity index (χ1) is 17.9. The van der Waals surface area contributed by atoms with Gasteiger partial charge in [0, 0.05) is 42.8 Å². The summed E-state index contributed by atoms with van der Waals surface area (Å²) in [5.41, 5.74) is 0.994. The summed E-state index contributed by atoms with van der Waals surface area (Å²) in [6.45, 7) is 2.51. The van der Waals surface area contributed by atoms with Crippen LogP contribution in [0.4, 0.5) is 19.3 Å². The van der Waals surface area contributed by atoms with Crippen LogP contribution in [0.1, 0.15) is 44.1 Å². The number of fused-ring (bicyclic) bond motifs is 1. The lowest BCUT2D eigenvalue weighted by Gasteiger charge is -2.47. The Hall–Kier alpha value is -2.91. The minimum Gasteiger partial charge on any atom is -0.493 e. The van der Waals surface area contributed by atoms with E-state index in [1.807, 2.05) is 6.07 Å². The van der Waals surface area contributed by atoms with E-state index in [1.165, 1.54) is 5.56 Å². The molecule has 9 heteroatoms. The molecular weight excluding hydrogens is 480 g/mol. The molecule has 0 radical (unpaired) electrons. The molecule has 3 aliphatic rings. The zero-order valence-corrected chi connectivity index (χ0v) is 21.4. The molecule has 2 N–H and O–H groups in total. The second-order valence-corrected chi connectivity index (χ2v) is 10.3. The van der Waals surface area contributed by atoms with Crippen molar-refractivity contribution in [3.05, 3.63) is 53.6 Å². The third kappa shape index (κ3) is 5.11. The van der Waals surface area contributed by atoms with E-state index in [0.29, 0.717) is 11.8 Å². The lowest BCUT2D eigenvalue weighted by molar-refractivity contribution is 0.0143. The molecule has 37 heavy (non-hydrogen) atoms. The van der Waals surface area contributed by atoms with Crippen molar-refractivity contribution in [2.24, 2.45) is 0 Å². The van der Waals surface area contributed by atoms with E-state index in [2.05, 4.69) is 27.7 Å². The van der Waals surface area contributed by atoms with Gasteiger partial charge < -0.3 is 24.8 Å². The van der Waals surface area contributed by atoms with Gasteiger partial charge in [0.25, 0.3) is 0 Å². The number of anilines is 1. The lowest BCUT2D eigenvalue weighted by Crippen LogP contribution is -2.55. The van der Waals surface area contributed by atoms with E-state index >= 15 is 0 Å². The quantitative estimate of drug-likeness (QED) is 0.576. The fourth-order valence-electron chi connectivity index (χ4n) is 6.59. The number of halogens is 2. The van der Waals surface area contributed by atoms with Crippen molar-refractivity contribution in [1.82, 2.24) is 10.2 Å². The number of carbonyl (C=O) groups excluding carboxylic acids is 1. The van der Waals surface area contributed by atoms with Crippen molar-refractivity contribution in [2.75, 3.05) is 39.3 Å². The van der Waals surface area contributed by atoms with Crippen molar-refractivity contribution in [3.8, 4) is 11.5 Å². The van der Waals surface area contributed by atoms with Gasteiger partial charge in [-0.1, -0.05) is 6.07 Å². The predicted molar refractivity (Wildman–Crippen MR) is 136 cm³/mol. The first-order valence-corrected chi connectivity index (χ1v) is 13.0. The molecule has 2 aliphatic heterocycles. The van der Waals surface area contributed by atoms with E-state index in [-0.39, 0.29) is 23.2 Å². The Balaban J connectivity index is 1.38. The number of ether oxygens (including phenoxy) is 3. The molecule has 0 spiro atoms. The SMILES string of the molecule is COc1ccc([C@@]23CC[C@@H](NC(=O)Nc4cc(F)ccc4F)C[C@@H]2N(C2CCOCC2)CC3)cc1OC. The van der Waals surface area contributed by atoms with Crippen molar-refractivity contribution >= 4 is 11.7 Å². The molecule has 1 aliphatic carbocycles. The highest BCUT2D eigenvalue weighted by atomic mass is 19.1. The zero-order valence-electron chi connectivity index (χ0n) is 21.4. The fraction of sp³-hybridized carbons (Fsp3) is 0.536. The molecule has 1 saturated carbocycles. The Labute approximate surface area is 216 Å². The van der Waals surface area contributed by atoms with Crippen molar-refractivity contribution in [3.63, 3.8) is 0 Å². The molecule has 0 aromatic heterocycles. The fourth-order valence-corrected chi connectivity index (χ4v) is 6.59. The number of urea groups is 1. The van der Waals surface area contributed by atoms with Crippen molar-refractivity contribution < 1.29 is 27.8 Å². The minimum absolute atomic E-state index is 0.0683. The number of nitrogens with one attached hydrogen (secondary N) is 2. The Morgan fingerprint density at radius 3 is 2.57 bits per heavy atom. The molecule has 2 heterocycles. The van der Waals surface area contributed by atoms with E-state index in [4.69, 9.17) is 14.2 Å². The summed E-state index contributed by atoms with van der Waals surface area (Å²) < 4.78 is 44.3. The van der Waals surface area contributed by atoms with Crippen LogP contribution in [0.25, 0.3) is 0 Å². The number of hydrogen-bond acceptors (Lipinski definition) is 5. The summed E-state index contributed by atoms with van der Waals surface area (Å²) in [6.07, 6.45) is 5.46. The van der Waals surface area contributed by atoms with E-state index in [1.54, 1.807) is 14.2 Å². The first kappa shape index (κ1) is 25.7. The van der Waals surface area contributed by atoms with Gasteiger partial charge in [0.2, 0.25) is 0 Å². The van der Waals surface area contributed by atoms with Gasteiger partial charge in [0.15, 0.2) is 11.5 Å². The lowest BCUT2D eigenvalue weighted by atomic mass is 9.65. The molecule has 7 nitrogen and oxygen atoms in total. The summed E-state index contributed by atoms with van der Waals surface area (Å²) in [6, 6.07) is 9.30. The Bertz CT molecular complexity index is 1130. The van der Waals surface area contributed by atoms with Gasteiger partial charge >= 0.3 is 6.03 Å². The summed E-state index contributed by atoms with van der Waals surface area (Å²) in [5.74, 6) is 0.144. The van der Waals surface area contributed by atoms with Crippen LogP contribution >= 0.6 is 0 Å². The molecule has 2 aromatic rings. The molecule has 0 unspecified atom stereocenters. The Kier molecular flexibility index (Phi) is 7.53. The third-order valence-electron chi connectivity index (χ3n) is 8.43. The van der Waals surface area contributed by atoms with Crippen LogP contribution in [0.15, 0.2) is 36.4 Å². The molecule has 0 bridgehead atoms. The second kappa shape index (κ2) is 10.8. The van der Waals surface area contributed by atoms with Crippen molar-refractivity contribution in [2.45, 2.75) is 62.1 Å². The summed E-state index contributed by atoms with van der Waals surface area (Å²) in [5, 5.41) is 5.50. The zero-order chi connectivity index (χ0) is 26.0. The summed E-state index contributed by atoms with van der Waals surface area (Å²) in [7, 11) is 3.29. The van der Waals surface area contributed by atoms with Gasteiger partial charge in [0.1, 0.15) is 11.6 Å². The van der Waals surface area contributed by atoms with Crippen LogP contribution in [0, 0.1) is 11.6 Å². The highest BCUT2D eigenvalue weighted by molar-refractivity contribution is 5.89. The highest BCUT2D eigenvalue weighted by Crippen LogP contribution is 2.51. The van der Waals surface area contributed by atoms with Crippen LogP contribution in [-0.2, 0) is 10.2 Å². The molecule has 200 valence electrons. The number of hydrogen-bond donors (Lipinski definition) is 2. The second-order valence-electron chi connectivity index (χ2n) is 10.3. The van der Waals surface area contributed by atoms with E-state index < -0.39 is 17.7 Å². The maximum absolute atomic E-state index is 14.1. The van der Waals surface area contributed by atoms with Gasteiger partial charge in [0.05, 0.1) is 19.9 Å². The molecule has 3 fully saturated rings. The maximum atomic E-state index is 14.1. The van der Waals surface area contributed by atoms with E-state index in [9.17, 15) is 13.6 Å². The van der Waals surface area contributed by atoms with Crippen LogP contribution in [-0.4, -0.2) is 63.0 Å². The maximum Gasteiger partial charge on any atom is 0.319 e. The average molecular weight is 516 g/mol.